The minimum Gasteiger partial charge on any atom is -0.399 e. The van der Waals surface area contributed by atoms with Crippen LogP contribution in [0.4, 0.5) is 11.4 Å². The van der Waals surface area contributed by atoms with E-state index in [0.717, 1.165) is 0 Å². The molecular formula is C8H10N2O2S2. The molecule has 0 atom stereocenters. The molecular weight excluding hydrogens is 220 g/mol. The van der Waals surface area contributed by atoms with Gasteiger partial charge in [0.2, 0.25) is 0 Å². The Morgan fingerprint density at radius 3 is 2.00 bits per heavy atom. The molecule has 0 fully saturated rings. The van der Waals surface area contributed by atoms with Gasteiger partial charge in [0.15, 0.2) is 0 Å². The number of nitrogens with two attached hydrogens (primary N) is 1. The van der Waals surface area contributed by atoms with Gasteiger partial charge in [-0.3, -0.25) is 10.1 Å². The molecule has 4 nitrogen and oxygen atoms in total. The molecule has 0 bridgehead atoms. The van der Waals surface area contributed by atoms with Crippen molar-refractivity contribution in [2.75, 3.05) is 18.2 Å². The van der Waals surface area contributed by atoms with Crippen molar-refractivity contribution in [2.24, 2.45) is 0 Å². The van der Waals surface area contributed by atoms with E-state index >= 15 is 0 Å². The van der Waals surface area contributed by atoms with E-state index in [1.165, 1.54) is 23.5 Å². The molecule has 0 aliphatic rings. The highest BCUT2D eigenvalue weighted by atomic mass is 32.2. The van der Waals surface area contributed by atoms with Gasteiger partial charge < -0.3 is 5.73 Å². The van der Waals surface area contributed by atoms with Gasteiger partial charge in [-0.1, -0.05) is 0 Å². The van der Waals surface area contributed by atoms with Gasteiger partial charge in [-0.2, -0.15) is 0 Å². The largest absolute Gasteiger partial charge is 0.399 e. The van der Waals surface area contributed by atoms with E-state index in [1.807, 2.05) is 0 Å². The van der Waals surface area contributed by atoms with Crippen LogP contribution in [0.3, 0.4) is 0 Å². The van der Waals surface area contributed by atoms with E-state index in [0.29, 0.717) is 15.5 Å². The molecule has 0 saturated carbocycles. The van der Waals surface area contributed by atoms with Crippen molar-refractivity contribution in [3.63, 3.8) is 0 Å². The van der Waals surface area contributed by atoms with Crippen LogP contribution < -0.4 is 5.73 Å². The fourth-order valence-corrected chi connectivity index (χ4v) is 2.42. The summed E-state index contributed by atoms with van der Waals surface area (Å²) in [6.45, 7) is 0. The number of hydrogen-bond acceptors (Lipinski definition) is 5. The van der Waals surface area contributed by atoms with Gasteiger partial charge in [0.05, 0.1) is 14.7 Å². The lowest BCUT2D eigenvalue weighted by Crippen LogP contribution is -1.95. The molecule has 0 aliphatic carbocycles. The maximum atomic E-state index is 10.8. The van der Waals surface area contributed by atoms with E-state index in [1.54, 1.807) is 24.6 Å². The van der Waals surface area contributed by atoms with Gasteiger partial charge in [0.25, 0.3) is 5.69 Å². The van der Waals surface area contributed by atoms with Crippen LogP contribution in [-0.4, -0.2) is 17.4 Å². The number of nitrogens with zero attached hydrogens (tertiary/aromatic N) is 1. The second-order valence-corrected chi connectivity index (χ2v) is 4.23. The molecule has 0 amide bonds. The number of nitrogen functional groups attached to an aromatic ring is 1. The van der Waals surface area contributed by atoms with Crippen molar-refractivity contribution in [1.29, 1.82) is 0 Å². The minimum absolute atomic E-state index is 0.152. The summed E-state index contributed by atoms with van der Waals surface area (Å²) in [5, 5.41) is 10.8. The first-order valence-electron chi connectivity index (χ1n) is 3.76. The average Bonchev–Trinajstić information content (AvgIpc) is 2.15. The summed E-state index contributed by atoms with van der Waals surface area (Å²) in [6, 6.07) is 3.26. The first kappa shape index (κ1) is 11.2. The van der Waals surface area contributed by atoms with Crippen molar-refractivity contribution in [3.05, 3.63) is 22.2 Å². The van der Waals surface area contributed by atoms with Crippen molar-refractivity contribution in [1.82, 2.24) is 0 Å². The molecule has 0 aliphatic heterocycles. The molecule has 6 heteroatoms. The van der Waals surface area contributed by atoms with E-state index in [2.05, 4.69) is 0 Å². The molecule has 0 unspecified atom stereocenters. The van der Waals surface area contributed by atoms with Crippen molar-refractivity contribution in [3.8, 4) is 0 Å². The van der Waals surface area contributed by atoms with E-state index < -0.39 is 0 Å². The van der Waals surface area contributed by atoms with Gasteiger partial charge in [-0.25, -0.2) is 0 Å². The zero-order valence-corrected chi connectivity index (χ0v) is 9.45. The number of benzene rings is 1. The molecule has 76 valence electrons. The number of thioether (sulfide) groups is 2. The lowest BCUT2D eigenvalue weighted by atomic mass is 10.3. The maximum Gasteiger partial charge on any atom is 0.296 e. The molecule has 0 saturated heterocycles. The topological polar surface area (TPSA) is 69.2 Å². The summed E-state index contributed by atoms with van der Waals surface area (Å²) in [4.78, 5) is 11.7. The summed E-state index contributed by atoms with van der Waals surface area (Å²) in [5.74, 6) is 0. The lowest BCUT2D eigenvalue weighted by molar-refractivity contribution is -0.390. The first-order chi connectivity index (χ1) is 6.60. The third-order valence-corrected chi connectivity index (χ3v) is 3.19. The monoisotopic (exact) mass is 230 g/mol. The van der Waals surface area contributed by atoms with Crippen LogP contribution in [0.25, 0.3) is 0 Å². The molecule has 2 N–H and O–H groups in total. The highest BCUT2D eigenvalue weighted by molar-refractivity contribution is 7.99. The van der Waals surface area contributed by atoms with E-state index in [9.17, 15) is 10.1 Å². The Labute approximate surface area is 90.4 Å². The lowest BCUT2D eigenvalue weighted by Gasteiger charge is -2.05. The summed E-state index contributed by atoms with van der Waals surface area (Å²) in [7, 11) is 0. The number of hydrogen-bond donors (Lipinski definition) is 1. The number of rotatable bonds is 3. The number of nitro groups is 1. The van der Waals surface area contributed by atoms with Gasteiger partial charge in [-0.05, 0) is 24.6 Å². The Morgan fingerprint density at radius 2 is 1.71 bits per heavy atom. The second-order valence-electron chi connectivity index (χ2n) is 2.53. The quantitative estimate of drug-likeness (QED) is 0.374. The van der Waals surface area contributed by atoms with Crippen LogP contribution in [-0.2, 0) is 0 Å². The zero-order chi connectivity index (χ0) is 10.7. The van der Waals surface area contributed by atoms with Crippen LogP contribution in [0.2, 0.25) is 0 Å². The van der Waals surface area contributed by atoms with Gasteiger partial charge in [0.1, 0.15) is 0 Å². The Bertz CT molecular complexity index is 343. The molecule has 1 aromatic rings. The van der Waals surface area contributed by atoms with Gasteiger partial charge >= 0.3 is 0 Å². The molecule has 1 aromatic carbocycles. The highest BCUT2D eigenvalue weighted by Gasteiger charge is 2.19. The number of anilines is 1. The standard InChI is InChI=1S/C8H10N2O2S2/c1-13-6-3-5(9)4-7(14-2)8(6)10(11)12/h3-4H,9H2,1-2H3. The summed E-state index contributed by atoms with van der Waals surface area (Å²) in [5.41, 5.74) is 6.34. The zero-order valence-electron chi connectivity index (χ0n) is 7.81. The van der Waals surface area contributed by atoms with Crippen molar-refractivity contribution in [2.45, 2.75) is 9.79 Å². The molecule has 0 aromatic heterocycles. The Balaban J connectivity index is 3.40. The smallest absolute Gasteiger partial charge is 0.296 e. The third kappa shape index (κ3) is 2.13. The maximum absolute atomic E-state index is 10.8. The first-order valence-corrected chi connectivity index (χ1v) is 6.21. The molecule has 0 radical (unpaired) electrons. The van der Waals surface area contributed by atoms with E-state index in [4.69, 9.17) is 5.73 Å². The van der Waals surface area contributed by atoms with Crippen LogP contribution >= 0.6 is 23.5 Å². The third-order valence-electron chi connectivity index (χ3n) is 1.68. The molecule has 14 heavy (non-hydrogen) atoms. The molecule has 1 rings (SSSR count). The fourth-order valence-electron chi connectivity index (χ4n) is 1.09. The number of nitro benzene ring substituents is 1. The van der Waals surface area contributed by atoms with Crippen molar-refractivity contribution >= 4 is 34.9 Å². The predicted molar refractivity (Wildman–Crippen MR) is 61.1 cm³/mol. The van der Waals surface area contributed by atoms with Crippen molar-refractivity contribution < 1.29 is 4.92 Å². The Hall–Kier alpha value is -0.880. The fraction of sp³-hybridized carbons (Fsp3) is 0.250. The van der Waals surface area contributed by atoms with Crippen LogP contribution in [0, 0.1) is 10.1 Å². The highest BCUT2D eigenvalue weighted by Crippen LogP contribution is 2.37. The molecule has 0 spiro atoms. The van der Waals surface area contributed by atoms with Crippen LogP contribution in [0.1, 0.15) is 0 Å². The average molecular weight is 230 g/mol. The Morgan fingerprint density at radius 1 is 1.29 bits per heavy atom. The SMILES string of the molecule is CSc1cc(N)cc(SC)c1[N+](=O)[O-]. The summed E-state index contributed by atoms with van der Waals surface area (Å²) in [6.07, 6.45) is 3.60. The summed E-state index contributed by atoms with van der Waals surface area (Å²) >= 11 is 2.66. The summed E-state index contributed by atoms with van der Waals surface area (Å²) < 4.78 is 0. The normalized spacial score (nSPS) is 10.1. The minimum atomic E-state index is -0.364. The van der Waals surface area contributed by atoms with E-state index in [-0.39, 0.29) is 10.6 Å². The van der Waals surface area contributed by atoms with Gasteiger partial charge in [-0.15, -0.1) is 23.5 Å². The van der Waals surface area contributed by atoms with Crippen LogP contribution in [0.5, 0.6) is 0 Å². The predicted octanol–water partition coefficient (Wildman–Crippen LogP) is 2.62. The Kier molecular flexibility index (Phi) is 3.65. The van der Waals surface area contributed by atoms with Gasteiger partial charge in [0, 0.05) is 5.69 Å². The second kappa shape index (κ2) is 4.56. The molecule has 0 heterocycles. The van der Waals surface area contributed by atoms with Crippen LogP contribution in [0.15, 0.2) is 21.9 Å².